The van der Waals surface area contributed by atoms with Gasteiger partial charge in [0, 0.05) is 26.2 Å². The number of hydrogen-bond acceptors (Lipinski definition) is 4. The van der Waals surface area contributed by atoms with Crippen molar-refractivity contribution in [2.24, 2.45) is 17.4 Å². The van der Waals surface area contributed by atoms with Gasteiger partial charge in [-0.05, 0) is 38.0 Å². The van der Waals surface area contributed by atoms with Crippen molar-refractivity contribution in [1.29, 1.82) is 0 Å². The lowest BCUT2D eigenvalue weighted by Gasteiger charge is -2.36. The minimum atomic E-state index is -0.863. The number of ether oxygens (including phenoxy) is 2. The summed E-state index contributed by atoms with van der Waals surface area (Å²) in [6.07, 6.45) is 5.35. The van der Waals surface area contributed by atoms with Crippen LogP contribution in [0, 0.1) is 5.92 Å². The third kappa shape index (κ3) is 3.43. The molecule has 0 spiro atoms. The van der Waals surface area contributed by atoms with Crippen LogP contribution in [0.2, 0.25) is 0 Å². The highest BCUT2D eigenvalue weighted by Gasteiger charge is 2.38. The molecule has 1 heterocycles. The minimum absolute atomic E-state index is 0.0825. The van der Waals surface area contributed by atoms with Crippen LogP contribution in [0.4, 0.5) is 0 Å². The molecule has 5 nitrogen and oxygen atoms in total. The molecule has 18 heavy (non-hydrogen) atoms. The molecular weight excluding hydrogens is 232 g/mol. The summed E-state index contributed by atoms with van der Waals surface area (Å²) in [6.45, 7) is 2.42. The summed E-state index contributed by atoms with van der Waals surface area (Å²) in [5, 5.41) is 0. The van der Waals surface area contributed by atoms with Crippen molar-refractivity contribution >= 4 is 5.91 Å². The normalized spacial score (nSPS) is 34.4. The second kappa shape index (κ2) is 5.99. The van der Waals surface area contributed by atoms with Crippen LogP contribution in [-0.2, 0) is 14.3 Å². The fraction of sp³-hybridized carbons (Fsp3) is 0.923. The number of carbonyl (C=O) groups is 1. The van der Waals surface area contributed by atoms with Gasteiger partial charge in [-0.2, -0.15) is 0 Å². The molecule has 0 radical (unpaired) electrons. The smallest absolute Gasteiger partial charge is 0.237 e. The maximum Gasteiger partial charge on any atom is 0.237 e. The van der Waals surface area contributed by atoms with Gasteiger partial charge in [0.05, 0.1) is 11.6 Å². The van der Waals surface area contributed by atoms with E-state index in [0.717, 1.165) is 45.5 Å². The van der Waals surface area contributed by atoms with Gasteiger partial charge in [-0.1, -0.05) is 0 Å². The topological polar surface area (TPSA) is 87.6 Å². The standard InChI is InChI=1S/C13H24N2O3/c14-12(16)13(15)5-1-2-11(8-13)18-9-10-3-6-17-7-4-10/h10-11H,1-9,15H2,(H2,14,16). The van der Waals surface area contributed by atoms with Gasteiger partial charge in [-0.15, -0.1) is 0 Å². The predicted octanol–water partition coefficient (Wildman–Crippen LogP) is 0.555. The van der Waals surface area contributed by atoms with Gasteiger partial charge in [-0.3, -0.25) is 4.79 Å². The fourth-order valence-electron chi connectivity index (χ4n) is 2.81. The molecule has 2 fully saturated rings. The van der Waals surface area contributed by atoms with E-state index in [4.69, 9.17) is 20.9 Å². The van der Waals surface area contributed by atoms with Crippen LogP contribution in [0.15, 0.2) is 0 Å². The van der Waals surface area contributed by atoms with E-state index in [2.05, 4.69) is 0 Å². The Kier molecular flexibility index (Phi) is 4.59. The quantitative estimate of drug-likeness (QED) is 0.769. The summed E-state index contributed by atoms with van der Waals surface area (Å²) >= 11 is 0. The zero-order valence-electron chi connectivity index (χ0n) is 10.9. The monoisotopic (exact) mass is 256 g/mol. The Hall–Kier alpha value is -0.650. The highest BCUT2D eigenvalue weighted by Crippen LogP contribution is 2.29. The van der Waals surface area contributed by atoms with E-state index in [1.165, 1.54) is 0 Å². The summed E-state index contributed by atoms with van der Waals surface area (Å²) in [5.41, 5.74) is 10.5. The first-order valence-corrected chi connectivity index (χ1v) is 6.88. The molecule has 1 saturated heterocycles. The van der Waals surface area contributed by atoms with E-state index in [0.29, 0.717) is 18.8 Å². The average molecular weight is 256 g/mol. The molecule has 1 amide bonds. The van der Waals surface area contributed by atoms with Gasteiger partial charge in [0.2, 0.25) is 5.91 Å². The van der Waals surface area contributed by atoms with E-state index in [1.807, 2.05) is 0 Å². The fourth-order valence-corrected chi connectivity index (χ4v) is 2.81. The minimum Gasteiger partial charge on any atom is -0.381 e. The van der Waals surface area contributed by atoms with E-state index in [1.54, 1.807) is 0 Å². The van der Waals surface area contributed by atoms with E-state index >= 15 is 0 Å². The summed E-state index contributed by atoms with van der Waals surface area (Å²) in [5.74, 6) is 0.184. The second-order valence-electron chi connectivity index (χ2n) is 5.63. The summed E-state index contributed by atoms with van der Waals surface area (Å²) < 4.78 is 11.2. The number of hydrogen-bond donors (Lipinski definition) is 2. The Bertz CT molecular complexity index is 292. The third-order valence-electron chi connectivity index (χ3n) is 4.14. The highest BCUT2D eigenvalue weighted by molar-refractivity contribution is 5.84. The van der Waals surface area contributed by atoms with Crippen LogP contribution in [-0.4, -0.2) is 37.4 Å². The maximum atomic E-state index is 11.4. The summed E-state index contributed by atoms with van der Waals surface area (Å²) in [6, 6.07) is 0. The van der Waals surface area contributed by atoms with Crippen molar-refractivity contribution in [3.05, 3.63) is 0 Å². The van der Waals surface area contributed by atoms with Crippen molar-refractivity contribution in [2.45, 2.75) is 50.2 Å². The van der Waals surface area contributed by atoms with Gasteiger partial charge in [0.1, 0.15) is 0 Å². The third-order valence-corrected chi connectivity index (χ3v) is 4.14. The summed E-state index contributed by atoms with van der Waals surface area (Å²) in [4.78, 5) is 11.4. The lowest BCUT2D eigenvalue weighted by Crippen LogP contribution is -2.56. The van der Waals surface area contributed by atoms with Crippen LogP contribution in [0.25, 0.3) is 0 Å². The van der Waals surface area contributed by atoms with Crippen LogP contribution in [0.3, 0.4) is 0 Å². The molecular formula is C13H24N2O3. The Balaban J connectivity index is 1.77. The molecule has 5 heteroatoms. The highest BCUT2D eigenvalue weighted by atomic mass is 16.5. The van der Waals surface area contributed by atoms with Crippen molar-refractivity contribution in [3.63, 3.8) is 0 Å². The van der Waals surface area contributed by atoms with Gasteiger partial charge in [0.15, 0.2) is 0 Å². The predicted molar refractivity (Wildman–Crippen MR) is 67.9 cm³/mol. The van der Waals surface area contributed by atoms with E-state index in [-0.39, 0.29) is 6.10 Å². The number of amides is 1. The van der Waals surface area contributed by atoms with Gasteiger partial charge < -0.3 is 20.9 Å². The van der Waals surface area contributed by atoms with Gasteiger partial charge in [0.25, 0.3) is 0 Å². The average Bonchev–Trinajstić information content (AvgIpc) is 2.38. The Morgan fingerprint density at radius 1 is 1.33 bits per heavy atom. The summed E-state index contributed by atoms with van der Waals surface area (Å²) in [7, 11) is 0. The van der Waals surface area contributed by atoms with Gasteiger partial charge in [-0.25, -0.2) is 0 Å². The van der Waals surface area contributed by atoms with Crippen LogP contribution >= 0.6 is 0 Å². The zero-order valence-corrected chi connectivity index (χ0v) is 10.9. The SMILES string of the molecule is NC(=O)C1(N)CCCC(OCC2CCOCC2)C1. The first-order valence-electron chi connectivity index (χ1n) is 6.88. The van der Waals surface area contributed by atoms with Crippen molar-refractivity contribution in [2.75, 3.05) is 19.8 Å². The molecule has 0 aromatic rings. The molecule has 1 aliphatic heterocycles. The number of primary amides is 1. The van der Waals surface area contributed by atoms with Crippen molar-refractivity contribution in [3.8, 4) is 0 Å². The number of rotatable bonds is 4. The van der Waals surface area contributed by atoms with Crippen LogP contribution in [0.5, 0.6) is 0 Å². The molecule has 2 atom stereocenters. The first kappa shape index (κ1) is 13.8. The Morgan fingerprint density at radius 2 is 2.06 bits per heavy atom. The molecule has 0 aromatic heterocycles. The Labute approximate surface area is 108 Å². The van der Waals surface area contributed by atoms with Crippen LogP contribution in [0.1, 0.15) is 38.5 Å². The molecule has 1 aliphatic carbocycles. The van der Waals surface area contributed by atoms with Gasteiger partial charge >= 0.3 is 0 Å². The lowest BCUT2D eigenvalue weighted by molar-refractivity contribution is -0.127. The molecule has 0 aromatic carbocycles. The second-order valence-corrected chi connectivity index (χ2v) is 5.63. The molecule has 2 rings (SSSR count). The molecule has 2 unspecified atom stereocenters. The van der Waals surface area contributed by atoms with E-state index < -0.39 is 11.4 Å². The molecule has 2 aliphatic rings. The maximum absolute atomic E-state index is 11.4. The van der Waals surface area contributed by atoms with Crippen molar-refractivity contribution in [1.82, 2.24) is 0 Å². The lowest BCUT2D eigenvalue weighted by atomic mass is 9.80. The van der Waals surface area contributed by atoms with Crippen LogP contribution < -0.4 is 11.5 Å². The zero-order chi connectivity index (χ0) is 13.0. The Morgan fingerprint density at radius 3 is 2.72 bits per heavy atom. The molecule has 1 saturated carbocycles. The van der Waals surface area contributed by atoms with Crippen molar-refractivity contribution < 1.29 is 14.3 Å². The first-order chi connectivity index (χ1) is 8.60. The largest absolute Gasteiger partial charge is 0.381 e. The molecule has 0 bridgehead atoms. The number of nitrogens with two attached hydrogens (primary N) is 2. The van der Waals surface area contributed by atoms with E-state index in [9.17, 15) is 4.79 Å². The molecule has 104 valence electrons. The molecule has 4 N–H and O–H groups in total. The number of carbonyl (C=O) groups excluding carboxylic acids is 1.